The minimum absolute atomic E-state index is 0.0880. The molecule has 0 aromatic carbocycles. The quantitative estimate of drug-likeness (QED) is 0.603. The van der Waals surface area contributed by atoms with Crippen molar-refractivity contribution in [3.05, 3.63) is 21.9 Å². The fraction of sp³-hybridized carbons (Fsp3) is 0.444. The molecule has 1 aromatic heterocycles. The molecule has 1 aromatic rings. The van der Waals surface area contributed by atoms with Gasteiger partial charge in [0, 0.05) is 22.8 Å². The summed E-state index contributed by atoms with van der Waals surface area (Å²) in [5, 5.41) is 20.1. The molecule has 0 atom stereocenters. The SMILES string of the molecule is O=C(O)Cc1ccc(CNCCO)s1. The van der Waals surface area contributed by atoms with Gasteiger partial charge in [-0.3, -0.25) is 4.79 Å². The Morgan fingerprint density at radius 2 is 2.14 bits per heavy atom. The van der Waals surface area contributed by atoms with E-state index in [1.165, 1.54) is 11.3 Å². The van der Waals surface area contributed by atoms with Gasteiger partial charge in [-0.05, 0) is 12.1 Å². The molecule has 0 aliphatic carbocycles. The summed E-state index contributed by atoms with van der Waals surface area (Å²) < 4.78 is 0. The van der Waals surface area contributed by atoms with Crippen LogP contribution in [0.1, 0.15) is 9.75 Å². The first-order chi connectivity index (χ1) is 6.72. The van der Waals surface area contributed by atoms with Crippen molar-refractivity contribution in [1.29, 1.82) is 0 Å². The van der Waals surface area contributed by atoms with Crippen molar-refractivity contribution in [3.8, 4) is 0 Å². The molecule has 4 nitrogen and oxygen atoms in total. The van der Waals surface area contributed by atoms with Gasteiger partial charge >= 0.3 is 5.97 Å². The van der Waals surface area contributed by atoms with Gasteiger partial charge in [-0.1, -0.05) is 0 Å². The molecule has 0 fully saturated rings. The first-order valence-corrected chi connectivity index (χ1v) is 5.15. The molecule has 0 saturated carbocycles. The molecule has 0 amide bonds. The van der Waals surface area contributed by atoms with Gasteiger partial charge < -0.3 is 15.5 Å². The molecule has 3 N–H and O–H groups in total. The van der Waals surface area contributed by atoms with Gasteiger partial charge in [0.05, 0.1) is 13.0 Å². The third-order valence-corrected chi connectivity index (χ3v) is 2.72. The van der Waals surface area contributed by atoms with Crippen LogP contribution in [0, 0.1) is 0 Å². The van der Waals surface area contributed by atoms with Crippen molar-refractivity contribution in [3.63, 3.8) is 0 Å². The van der Waals surface area contributed by atoms with Crippen LogP contribution < -0.4 is 5.32 Å². The van der Waals surface area contributed by atoms with E-state index in [1.54, 1.807) is 0 Å². The van der Waals surface area contributed by atoms with Crippen LogP contribution in [-0.2, 0) is 17.8 Å². The number of thiophene rings is 1. The van der Waals surface area contributed by atoms with Gasteiger partial charge in [0.25, 0.3) is 0 Å². The Morgan fingerprint density at radius 1 is 1.43 bits per heavy atom. The lowest BCUT2D eigenvalue weighted by Crippen LogP contribution is -2.16. The van der Waals surface area contributed by atoms with E-state index in [1.807, 2.05) is 12.1 Å². The highest BCUT2D eigenvalue weighted by atomic mass is 32.1. The zero-order valence-corrected chi connectivity index (χ0v) is 8.51. The Bertz CT molecular complexity index is 298. The maximum absolute atomic E-state index is 10.4. The third kappa shape index (κ3) is 3.87. The zero-order chi connectivity index (χ0) is 10.4. The average molecular weight is 215 g/mol. The molecule has 0 spiro atoms. The summed E-state index contributed by atoms with van der Waals surface area (Å²) in [5.74, 6) is -0.804. The summed E-state index contributed by atoms with van der Waals surface area (Å²) in [5.41, 5.74) is 0. The highest BCUT2D eigenvalue weighted by Gasteiger charge is 2.03. The molecule has 0 radical (unpaired) electrons. The highest BCUT2D eigenvalue weighted by molar-refractivity contribution is 7.12. The van der Waals surface area contributed by atoms with Crippen LogP contribution >= 0.6 is 11.3 Å². The molecule has 0 saturated heterocycles. The second-order valence-corrected chi connectivity index (χ2v) is 4.09. The van der Waals surface area contributed by atoms with Crippen LogP contribution in [0.2, 0.25) is 0 Å². The fourth-order valence-electron chi connectivity index (χ4n) is 1.05. The van der Waals surface area contributed by atoms with Crippen LogP contribution in [-0.4, -0.2) is 29.3 Å². The van der Waals surface area contributed by atoms with E-state index in [9.17, 15) is 4.79 Å². The lowest BCUT2D eigenvalue weighted by molar-refractivity contribution is -0.136. The molecule has 0 aliphatic rings. The second-order valence-electron chi connectivity index (χ2n) is 2.84. The molecule has 0 unspecified atom stereocenters. The lowest BCUT2D eigenvalue weighted by atomic mass is 10.3. The minimum Gasteiger partial charge on any atom is -0.481 e. The molecular weight excluding hydrogens is 202 g/mol. The van der Waals surface area contributed by atoms with E-state index < -0.39 is 5.97 Å². The summed E-state index contributed by atoms with van der Waals surface area (Å²) in [6, 6.07) is 3.74. The largest absolute Gasteiger partial charge is 0.481 e. The summed E-state index contributed by atoms with van der Waals surface area (Å²) in [6.45, 7) is 1.37. The summed E-state index contributed by atoms with van der Waals surface area (Å²) in [7, 11) is 0. The molecule has 14 heavy (non-hydrogen) atoms. The molecule has 1 rings (SSSR count). The predicted octanol–water partition coefficient (Wildman–Crippen LogP) is 0.457. The number of rotatable bonds is 6. The van der Waals surface area contributed by atoms with Gasteiger partial charge in [0.1, 0.15) is 0 Å². The number of nitrogens with one attached hydrogen (secondary N) is 1. The molecule has 0 bridgehead atoms. The van der Waals surface area contributed by atoms with E-state index >= 15 is 0 Å². The third-order valence-electron chi connectivity index (χ3n) is 1.63. The van der Waals surface area contributed by atoms with E-state index in [2.05, 4.69) is 5.32 Å². The van der Waals surface area contributed by atoms with E-state index in [0.717, 1.165) is 9.75 Å². The van der Waals surface area contributed by atoms with Crippen LogP contribution in [0.3, 0.4) is 0 Å². The minimum atomic E-state index is -0.804. The predicted molar refractivity (Wildman–Crippen MR) is 54.5 cm³/mol. The lowest BCUT2D eigenvalue weighted by Gasteiger charge is -1.98. The molecule has 5 heteroatoms. The maximum atomic E-state index is 10.4. The molecule has 1 heterocycles. The van der Waals surface area contributed by atoms with Gasteiger partial charge in [-0.2, -0.15) is 0 Å². The van der Waals surface area contributed by atoms with Crippen LogP contribution in [0.25, 0.3) is 0 Å². The zero-order valence-electron chi connectivity index (χ0n) is 7.69. The van der Waals surface area contributed by atoms with Crippen LogP contribution in [0.5, 0.6) is 0 Å². The monoisotopic (exact) mass is 215 g/mol. The molecule has 0 aliphatic heterocycles. The average Bonchev–Trinajstić information content (AvgIpc) is 2.52. The van der Waals surface area contributed by atoms with Crippen LogP contribution in [0.15, 0.2) is 12.1 Å². The Kier molecular flexibility index (Phi) is 4.58. The summed E-state index contributed by atoms with van der Waals surface area (Å²) in [6.07, 6.45) is 0.0880. The van der Waals surface area contributed by atoms with Gasteiger partial charge in [-0.25, -0.2) is 0 Å². The van der Waals surface area contributed by atoms with E-state index in [-0.39, 0.29) is 13.0 Å². The van der Waals surface area contributed by atoms with Crippen molar-refractivity contribution in [2.24, 2.45) is 0 Å². The number of hydrogen-bond acceptors (Lipinski definition) is 4. The summed E-state index contributed by atoms with van der Waals surface area (Å²) in [4.78, 5) is 12.3. The standard InChI is InChI=1S/C9H13NO3S/c11-4-3-10-6-8-2-1-7(14-8)5-9(12)13/h1-2,10-11H,3-6H2,(H,12,13). The van der Waals surface area contributed by atoms with Crippen molar-refractivity contribution in [2.45, 2.75) is 13.0 Å². The second kappa shape index (κ2) is 5.74. The first kappa shape index (κ1) is 11.2. The van der Waals surface area contributed by atoms with Crippen molar-refractivity contribution in [2.75, 3.05) is 13.2 Å². The van der Waals surface area contributed by atoms with E-state index in [0.29, 0.717) is 13.1 Å². The molecular formula is C9H13NO3S. The number of aliphatic hydroxyl groups excluding tert-OH is 1. The van der Waals surface area contributed by atoms with Crippen molar-refractivity contribution >= 4 is 17.3 Å². The van der Waals surface area contributed by atoms with Crippen molar-refractivity contribution in [1.82, 2.24) is 5.32 Å². The van der Waals surface area contributed by atoms with Gasteiger partial charge in [0.2, 0.25) is 0 Å². The summed E-state index contributed by atoms with van der Waals surface area (Å²) >= 11 is 1.49. The number of carbonyl (C=O) groups is 1. The van der Waals surface area contributed by atoms with Gasteiger partial charge in [-0.15, -0.1) is 11.3 Å². The Hall–Kier alpha value is -0.910. The number of hydrogen-bond donors (Lipinski definition) is 3. The fourth-order valence-corrected chi connectivity index (χ4v) is 2.03. The van der Waals surface area contributed by atoms with E-state index in [4.69, 9.17) is 10.2 Å². The maximum Gasteiger partial charge on any atom is 0.308 e. The first-order valence-electron chi connectivity index (χ1n) is 4.33. The number of aliphatic carboxylic acids is 1. The highest BCUT2D eigenvalue weighted by Crippen LogP contribution is 2.16. The van der Waals surface area contributed by atoms with Gasteiger partial charge in [0.15, 0.2) is 0 Å². The Labute approximate surface area is 86.2 Å². The number of aliphatic hydroxyl groups is 1. The number of carboxylic acids is 1. The smallest absolute Gasteiger partial charge is 0.308 e. The number of carboxylic acid groups (broad SMARTS) is 1. The normalized spacial score (nSPS) is 10.4. The Balaban J connectivity index is 2.38. The Morgan fingerprint density at radius 3 is 2.79 bits per heavy atom. The topological polar surface area (TPSA) is 69.6 Å². The van der Waals surface area contributed by atoms with Crippen LogP contribution in [0.4, 0.5) is 0 Å². The molecule has 78 valence electrons. The van der Waals surface area contributed by atoms with Crippen molar-refractivity contribution < 1.29 is 15.0 Å².